The third-order valence-corrected chi connectivity index (χ3v) is 6.84. The molecule has 3 aromatic rings. The van der Waals surface area contributed by atoms with E-state index < -0.39 is 41.0 Å². The molecular weight excluding hydrogens is 545 g/mol. The van der Waals surface area contributed by atoms with Crippen molar-refractivity contribution in [2.45, 2.75) is 82.8 Å². The molecule has 2 atom stereocenters. The van der Waals surface area contributed by atoms with Crippen LogP contribution in [0.5, 0.6) is 0 Å². The van der Waals surface area contributed by atoms with Gasteiger partial charge in [0.05, 0.1) is 23.2 Å². The molecule has 3 N–H and O–H groups in total. The van der Waals surface area contributed by atoms with E-state index in [1.54, 1.807) is 6.92 Å². The van der Waals surface area contributed by atoms with E-state index in [2.05, 4.69) is 20.7 Å². The largest absolute Gasteiger partial charge is 0.433 e. The molecule has 0 unspecified atom stereocenters. The van der Waals surface area contributed by atoms with Gasteiger partial charge in [-0.05, 0) is 70.7 Å². The first-order valence-corrected chi connectivity index (χ1v) is 12.8. The Morgan fingerprint density at radius 1 is 1.28 bits per heavy atom. The van der Waals surface area contributed by atoms with Gasteiger partial charge < -0.3 is 15.7 Å². The lowest BCUT2D eigenvalue weighted by molar-refractivity contribution is -0.140. The molecule has 1 saturated carbocycles. The van der Waals surface area contributed by atoms with E-state index in [1.165, 1.54) is 38.2 Å². The molecule has 212 valence electrons. The highest BCUT2D eigenvalue weighted by Gasteiger charge is 2.37. The van der Waals surface area contributed by atoms with Crippen LogP contribution in [0, 0.1) is 0 Å². The maximum absolute atomic E-state index is 13.7. The van der Waals surface area contributed by atoms with Crippen LogP contribution in [0.15, 0.2) is 30.5 Å². The highest BCUT2D eigenvalue weighted by molar-refractivity contribution is 6.31. The average molecular weight is 574 g/mol. The predicted molar refractivity (Wildman–Crippen MR) is 137 cm³/mol. The summed E-state index contributed by atoms with van der Waals surface area (Å²) in [4.78, 5) is 16.8. The Kier molecular flexibility index (Phi) is 7.83. The zero-order valence-corrected chi connectivity index (χ0v) is 22.3. The molecule has 39 heavy (non-hydrogen) atoms. The van der Waals surface area contributed by atoms with Crippen LogP contribution < -0.4 is 10.6 Å². The van der Waals surface area contributed by atoms with Crippen molar-refractivity contribution in [1.29, 1.82) is 0 Å². The number of carbonyl (C=O) groups is 1. The number of halogens is 6. The summed E-state index contributed by atoms with van der Waals surface area (Å²) < 4.78 is 69.0. The predicted octanol–water partition coefficient (Wildman–Crippen LogP) is 6.36. The SMILES string of the molecule is CC(C)(O)Cn1cc(C(=O)N[C@@]2(C)CCC[C@H](Nc3cc(C(F)(F)F)nc4ccc(Cl)cc34)C2)c(C(F)F)n1. The van der Waals surface area contributed by atoms with Crippen molar-refractivity contribution in [2.75, 3.05) is 5.32 Å². The number of amides is 1. The lowest BCUT2D eigenvalue weighted by Gasteiger charge is -2.39. The van der Waals surface area contributed by atoms with Crippen LogP contribution in [0.4, 0.5) is 27.6 Å². The third-order valence-electron chi connectivity index (χ3n) is 6.60. The van der Waals surface area contributed by atoms with Crippen LogP contribution in [0.1, 0.15) is 74.6 Å². The number of aromatic nitrogens is 3. The molecule has 4 rings (SSSR count). The number of pyridine rings is 1. The first kappa shape index (κ1) is 29.0. The van der Waals surface area contributed by atoms with Gasteiger partial charge in [-0.1, -0.05) is 11.6 Å². The van der Waals surface area contributed by atoms with Crippen molar-refractivity contribution >= 4 is 34.1 Å². The molecule has 0 aliphatic heterocycles. The summed E-state index contributed by atoms with van der Waals surface area (Å²) in [5.41, 5.74) is -3.76. The highest BCUT2D eigenvalue weighted by Crippen LogP contribution is 2.37. The van der Waals surface area contributed by atoms with Gasteiger partial charge in [0.25, 0.3) is 12.3 Å². The number of nitrogens with one attached hydrogen (secondary N) is 2. The minimum absolute atomic E-state index is 0.0902. The first-order chi connectivity index (χ1) is 18.0. The molecule has 1 amide bonds. The Hall–Kier alpha value is -2.99. The van der Waals surface area contributed by atoms with E-state index in [1.807, 2.05) is 0 Å². The standard InChI is InChI=1S/C26H29ClF5N5O2/c1-24(2,39)13-37-12-17(21(36-37)22(28)29)23(38)35-25(3)8-4-5-15(11-25)33-19-10-20(26(30,31)32)34-18-7-6-14(27)9-16(18)19/h6-7,9-10,12,15,22,39H,4-5,8,11,13H2,1-3H3,(H,33,34)(H,35,38)/t15-,25-/m0/s1. The number of hydrogen-bond donors (Lipinski definition) is 3. The van der Waals surface area contributed by atoms with E-state index >= 15 is 0 Å². The van der Waals surface area contributed by atoms with Crippen LogP contribution in [-0.2, 0) is 12.7 Å². The topological polar surface area (TPSA) is 92.1 Å². The Morgan fingerprint density at radius 2 is 2.00 bits per heavy atom. The fourth-order valence-corrected chi connectivity index (χ4v) is 5.17. The van der Waals surface area contributed by atoms with Crippen LogP contribution >= 0.6 is 11.6 Å². The van der Waals surface area contributed by atoms with Crippen molar-refractivity contribution in [3.05, 3.63) is 52.4 Å². The summed E-state index contributed by atoms with van der Waals surface area (Å²) in [7, 11) is 0. The van der Waals surface area contributed by atoms with Gasteiger partial charge in [-0.25, -0.2) is 13.8 Å². The summed E-state index contributed by atoms with van der Waals surface area (Å²) in [6, 6.07) is 5.03. The summed E-state index contributed by atoms with van der Waals surface area (Å²) in [5, 5.41) is 20.6. The lowest BCUT2D eigenvalue weighted by atomic mass is 9.80. The molecule has 0 radical (unpaired) electrons. The molecule has 0 saturated heterocycles. The van der Waals surface area contributed by atoms with Gasteiger partial charge in [0, 0.05) is 33.9 Å². The molecule has 1 fully saturated rings. The second-order valence-corrected chi connectivity index (χ2v) is 11.3. The van der Waals surface area contributed by atoms with E-state index in [4.69, 9.17) is 11.6 Å². The molecule has 0 bridgehead atoms. The Morgan fingerprint density at radius 3 is 2.64 bits per heavy atom. The number of rotatable bonds is 7. The van der Waals surface area contributed by atoms with Crippen LogP contribution in [0.3, 0.4) is 0 Å². The number of benzene rings is 1. The van der Waals surface area contributed by atoms with E-state index in [-0.39, 0.29) is 29.4 Å². The lowest BCUT2D eigenvalue weighted by Crippen LogP contribution is -2.51. The maximum atomic E-state index is 13.7. The minimum Gasteiger partial charge on any atom is -0.389 e. The summed E-state index contributed by atoms with van der Waals surface area (Å²) in [6.45, 7) is 4.66. The van der Waals surface area contributed by atoms with Gasteiger partial charge in [0.15, 0.2) is 0 Å². The fraction of sp³-hybridized carbons (Fsp3) is 0.500. The van der Waals surface area contributed by atoms with E-state index in [0.29, 0.717) is 36.1 Å². The van der Waals surface area contributed by atoms with Crippen molar-refractivity contribution in [1.82, 2.24) is 20.1 Å². The van der Waals surface area contributed by atoms with E-state index in [9.17, 15) is 31.9 Å². The van der Waals surface area contributed by atoms with Crippen LogP contribution in [0.25, 0.3) is 10.9 Å². The molecular formula is C26H29ClF5N5O2. The highest BCUT2D eigenvalue weighted by atomic mass is 35.5. The molecule has 2 heterocycles. The Labute approximate surface area is 226 Å². The Bertz CT molecular complexity index is 1370. The number of fused-ring (bicyclic) bond motifs is 1. The quantitative estimate of drug-likeness (QED) is 0.286. The second-order valence-electron chi connectivity index (χ2n) is 10.9. The first-order valence-electron chi connectivity index (χ1n) is 12.4. The number of hydrogen-bond acceptors (Lipinski definition) is 5. The van der Waals surface area contributed by atoms with Gasteiger partial charge in [-0.15, -0.1) is 0 Å². The zero-order valence-electron chi connectivity index (χ0n) is 21.5. The second kappa shape index (κ2) is 10.5. The summed E-state index contributed by atoms with van der Waals surface area (Å²) in [5.74, 6) is -0.740. The van der Waals surface area contributed by atoms with Gasteiger partial charge in [0.1, 0.15) is 11.4 Å². The monoisotopic (exact) mass is 573 g/mol. The number of alkyl halides is 5. The smallest absolute Gasteiger partial charge is 0.389 e. The molecule has 0 spiro atoms. The van der Waals surface area contributed by atoms with Gasteiger partial charge in [-0.2, -0.15) is 18.3 Å². The fourth-order valence-electron chi connectivity index (χ4n) is 5.00. The molecule has 2 aromatic heterocycles. The molecule has 1 aromatic carbocycles. The average Bonchev–Trinajstić information content (AvgIpc) is 3.21. The van der Waals surface area contributed by atoms with E-state index in [0.717, 1.165) is 10.7 Å². The van der Waals surface area contributed by atoms with Crippen LogP contribution in [0.2, 0.25) is 5.02 Å². The number of anilines is 1. The van der Waals surface area contributed by atoms with Crippen molar-refractivity contribution < 1.29 is 31.9 Å². The number of carbonyl (C=O) groups excluding carboxylic acids is 1. The molecule has 1 aliphatic carbocycles. The van der Waals surface area contributed by atoms with Gasteiger partial charge in [-0.3, -0.25) is 9.48 Å². The number of aliphatic hydroxyl groups is 1. The Balaban J connectivity index is 1.56. The number of nitrogens with zero attached hydrogens (tertiary/aromatic N) is 3. The molecule has 13 heteroatoms. The molecule has 1 aliphatic rings. The summed E-state index contributed by atoms with van der Waals surface area (Å²) >= 11 is 6.10. The van der Waals surface area contributed by atoms with Crippen molar-refractivity contribution in [2.24, 2.45) is 0 Å². The maximum Gasteiger partial charge on any atom is 0.433 e. The van der Waals surface area contributed by atoms with Crippen molar-refractivity contribution in [3.63, 3.8) is 0 Å². The molecule has 7 nitrogen and oxygen atoms in total. The summed E-state index contributed by atoms with van der Waals surface area (Å²) in [6.07, 6.45) is -4.37. The van der Waals surface area contributed by atoms with Gasteiger partial charge >= 0.3 is 6.18 Å². The normalized spacial score (nSPS) is 20.4. The third kappa shape index (κ3) is 6.96. The minimum atomic E-state index is -4.66. The van der Waals surface area contributed by atoms with Crippen molar-refractivity contribution in [3.8, 4) is 0 Å². The van der Waals surface area contributed by atoms with Gasteiger partial charge in [0.2, 0.25) is 0 Å². The zero-order chi connectivity index (χ0) is 28.8. The van der Waals surface area contributed by atoms with Crippen LogP contribution in [-0.4, -0.2) is 43.0 Å².